The van der Waals surface area contributed by atoms with Crippen molar-refractivity contribution in [2.24, 2.45) is 11.8 Å². The molecule has 4 amide bonds. The number of anilines is 2. The Bertz CT molecular complexity index is 2120. The second-order valence-electron chi connectivity index (χ2n) is 12.0. The summed E-state index contributed by atoms with van der Waals surface area (Å²) < 4.78 is 1.27. The van der Waals surface area contributed by atoms with Crippen LogP contribution in [-0.2, 0) is 19.2 Å². The molecule has 3 fully saturated rings. The molecule has 4 aromatic rings. The van der Waals surface area contributed by atoms with Crippen LogP contribution in [0.4, 0.5) is 17.1 Å². The van der Waals surface area contributed by atoms with Gasteiger partial charge in [-0.1, -0.05) is 48.4 Å². The third-order valence-corrected chi connectivity index (χ3v) is 11.3. The van der Waals surface area contributed by atoms with Gasteiger partial charge in [0.1, 0.15) is 5.57 Å². The molecule has 7 rings (SSSR count). The standard InChI is InChI=1S/C34H27N5O6S3/c1-17-7-11-25(18(2)13-17)38-32(43)23(29(40)36-33(38)46)14-19-8-12-27(26(15-19)39(44)45)47-34-35-24-10-9-20(16-28(24)48-34)37-30(41)21-5-3-4-6-22(21)31(37)42/h7-16,21-22H,3-6H2,1-2H3,(H,36,40,46)/b23-14+/t21-,22+. The first-order valence-electron chi connectivity index (χ1n) is 15.2. The minimum Gasteiger partial charge on any atom is -0.298 e. The molecule has 11 nitrogen and oxygen atoms in total. The van der Waals surface area contributed by atoms with Crippen LogP contribution in [0.2, 0.25) is 0 Å². The number of nitro groups is 1. The van der Waals surface area contributed by atoms with Crippen molar-refractivity contribution in [3.05, 3.63) is 87.0 Å². The summed E-state index contributed by atoms with van der Waals surface area (Å²) in [5.74, 6) is -2.15. The van der Waals surface area contributed by atoms with Crippen LogP contribution in [0.3, 0.4) is 0 Å². The Morgan fingerprint density at radius 2 is 1.71 bits per heavy atom. The number of rotatable bonds is 6. The Kier molecular flexibility index (Phi) is 8.17. The van der Waals surface area contributed by atoms with Crippen molar-refractivity contribution >= 4 is 97.4 Å². The first-order chi connectivity index (χ1) is 23.0. The first-order valence-corrected chi connectivity index (χ1v) is 17.3. The zero-order valence-corrected chi connectivity index (χ0v) is 28.2. The molecule has 0 radical (unpaired) electrons. The number of carbonyl (C=O) groups excluding carboxylic acids is 4. The van der Waals surface area contributed by atoms with Crippen molar-refractivity contribution in [3.63, 3.8) is 0 Å². The smallest absolute Gasteiger partial charge is 0.283 e. The van der Waals surface area contributed by atoms with Crippen molar-refractivity contribution in [1.29, 1.82) is 0 Å². The van der Waals surface area contributed by atoms with E-state index in [-0.39, 0.29) is 45.6 Å². The highest BCUT2D eigenvalue weighted by Crippen LogP contribution is 2.43. The molecule has 0 spiro atoms. The van der Waals surface area contributed by atoms with E-state index in [1.807, 2.05) is 26.0 Å². The van der Waals surface area contributed by atoms with Gasteiger partial charge in [0, 0.05) is 6.07 Å². The number of aryl methyl sites for hydroxylation is 2. The molecule has 3 aliphatic rings. The number of nitro benzene ring substituents is 1. The van der Waals surface area contributed by atoms with Gasteiger partial charge in [0.05, 0.1) is 43.2 Å². The summed E-state index contributed by atoms with van der Waals surface area (Å²) in [5, 5.41) is 14.7. The molecule has 1 N–H and O–H groups in total. The predicted molar refractivity (Wildman–Crippen MR) is 187 cm³/mol. The van der Waals surface area contributed by atoms with Crippen LogP contribution in [-0.4, -0.2) is 38.6 Å². The molecule has 48 heavy (non-hydrogen) atoms. The molecular weight excluding hydrogens is 671 g/mol. The van der Waals surface area contributed by atoms with Crippen LogP contribution in [0, 0.1) is 35.8 Å². The summed E-state index contributed by atoms with van der Waals surface area (Å²) in [6.07, 6.45) is 4.66. The highest BCUT2D eigenvalue weighted by Gasteiger charge is 2.48. The van der Waals surface area contributed by atoms with E-state index in [9.17, 15) is 29.3 Å². The number of hydrogen-bond donors (Lipinski definition) is 1. The van der Waals surface area contributed by atoms with Crippen molar-refractivity contribution in [1.82, 2.24) is 10.3 Å². The number of thiocarbonyl (C=S) groups is 1. The number of fused-ring (bicyclic) bond motifs is 2. The van der Waals surface area contributed by atoms with E-state index < -0.39 is 16.7 Å². The van der Waals surface area contributed by atoms with E-state index in [4.69, 9.17) is 12.2 Å². The van der Waals surface area contributed by atoms with E-state index in [0.29, 0.717) is 26.1 Å². The Hall–Kier alpha value is -4.79. The number of imide groups is 1. The van der Waals surface area contributed by atoms with Crippen LogP contribution in [0.15, 0.2) is 69.4 Å². The zero-order chi connectivity index (χ0) is 33.9. The van der Waals surface area contributed by atoms with Gasteiger partial charge in [-0.15, -0.1) is 11.3 Å². The van der Waals surface area contributed by atoms with Gasteiger partial charge in [0.25, 0.3) is 17.5 Å². The van der Waals surface area contributed by atoms with Crippen molar-refractivity contribution < 1.29 is 24.1 Å². The quantitative estimate of drug-likeness (QED) is 0.0598. The maximum absolute atomic E-state index is 13.5. The minimum atomic E-state index is -0.697. The normalized spacial score (nSPS) is 20.5. The largest absolute Gasteiger partial charge is 0.298 e. The van der Waals surface area contributed by atoms with Crippen molar-refractivity contribution in [2.45, 2.75) is 48.8 Å². The number of hydrogen-bond acceptors (Lipinski definition) is 10. The molecule has 3 heterocycles. The molecule has 2 aliphatic heterocycles. The number of nitrogens with zero attached hydrogens (tertiary/aromatic N) is 4. The molecule has 0 bridgehead atoms. The number of carbonyl (C=O) groups is 4. The Labute approximate surface area is 288 Å². The predicted octanol–water partition coefficient (Wildman–Crippen LogP) is 6.48. The second kappa shape index (κ2) is 12.3. The highest BCUT2D eigenvalue weighted by molar-refractivity contribution is 8.01. The van der Waals surface area contributed by atoms with Crippen LogP contribution >= 0.6 is 35.3 Å². The molecule has 1 saturated carbocycles. The number of benzene rings is 3. The number of aromatic nitrogens is 1. The average Bonchev–Trinajstić information content (AvgIpc) is 3.57. The lowest BCUT2D eigenvalue weighted by molar-refractivity contribution is -0.387. The summed E-state index contributed by atoms with van der Waals surface area (Å²) in [4.78, 5) is 71.8. The van der Waals surface area contributed by atoms with E-state index in [2.05, 4.69) is 10.3 Å². The van der Waals surface area contributed by atoms with Gasteiger partial charge in [-0.2, -0.15) is 0 Å². The molecule has 14 heteroatoms. The topological polar surface area (TPSA) is 143 Å². The Morgan fingerprint density at radius 3 is 2.40 bits per heavy atom. The number of nitrogens with one attached hydrogen (secondary N) is 1. The van der Waals surface area contributed by atoms with Crippen LogP contribution in [0.5, 0.6) is 0 Å². The molecule has 1 aromatic heterocycles. The third kappa shape index (κ3) is 5.59. The maximum Gasteiger partial charge on any atom is 0.283 e. The SMILES string of the molecule is Cc1ccc(N2C(=O)/C(=C/c3ccc(Sc4nc5ccc(N6C(=O)[C@H]7CCCC[C@H]7C6=O)cc5s4)c([N+](=O)[O-])c3)C(=O)NC2=S)c(C)c1. The minimum absolute atomic E-state index is 0.0496. The van der Waals surface area contributed by atoms with Gasteiger partial charge in [0.15, 0.2) is 9.45 Å². The van der Waals surface area contributed by atoms with Gasteiger partial charge in [-0.25, -0.2) is 4.98 Å². The molecule has 3 aromatic carbocycles. The average molecular weight is 698 g/mol. The molecule has 242 valence electrons. The second-order valence-corrected chi connectivity index (χ2v) is 14.7. The number of thiazole rings is 1. The molecule has 0 unspecified atom stereocenters. The summed E-state index contributed by atoms with van der Waals surface area (Å²) in [5.41, 5.74) is 3.31. The number of amides is 4. The monoisotopic (exact) mass is 697 g/mol. The Balaban J connectivity index is 1.15. The summed E-state index contributed by atoms with van der Waals surface area (Å²) in [7, 11) is 0. The summed E-state index contributed by atoms with van der Waals surface area (Å²) in [6.45, 7) is 3.76. The van der Waals surface area contributed by atoms with Crippen LogP contribution < -0.4 is 15.1 Å². The van der Waals surface area contributed by atoms with Crippen LogP contribution in [0.25, 0.3) is 16.3 Å². The fourth-order valence-electron chi connectivity index (χ4n) is 6.54. The lowest BCUT2D eigenvalue weighted by Crippen LogP contribution is -2.54. The van der Waals surface area contributed by atoms with Crippen LogP contribution in [0.1, 0.15) is 42.4 Å². The van der Waals surface area contributed by atoms with E-state index >= 15 is 0 Å². The zero-order valence-electron chi connectivity index (χ0n) is 25.7. The molecule has 2 saturated heterocycles. The van der Waals surface area contributed by atoms with E-state index in [1.54, 1.807) is 36.4 Å². The van der Waals surface area contributed by atoms with Crippen molar-refractivity contribution in [3.8, 4) is 0 Å². The summed E-state index contributed by atoms with van der Waals surface area (Å²) in [6, 6.07) is 15.2. The first kappa shape index (κ1) is 31.8. The van der Waals surface area contributed by atoms with Gasteiger partial charge in [-0.05, 0) is 86.4 Å². The fourth-order valence-corrected chi connectivity index (χ4v) is 8.95. The van der Waals surface area contributed by atoms with Gasteiger partial charge >= 0.3 is 0 Å². The summed E-state index contributed by atoms with van der Waals surface area (Å²) >= 11 is 7.72. The molecular formula is C34H27N5O6S3. The third-order valence-electron chi connectivity index (χ3n) is 8.83. The van der Waals surface area contributed by atoms with Gasteiger partial charge in [-0.3, -0.25) is 44.4 Å². The maximum atomic E-state index is 13.5. The van der Waals surface area contributed by atoms with Gasteiger partial charge in [0.2, 0.25) is 11.8 Å². The Morgan fingerprint density at radius 1 is 0.979 bits per heavy atom. The highest BCUT2D eigenvalue weighted by atomic mass is 32.2. The lowest BCUT2D eigenvalue weighted by atomic mass is 9.81. The van der Waals surface area contributed by atoms with E-state index in [1.165, 1.54) is 33.3 Å². The van der Waals surface area contributed by atoms with E-state index in [0.717, 1.165) is 53.3 Å². The fraction of sp³-hybridized carbons (Fsp3) is 0.235. The molecule has 2 atom stereocenters. The van der Waals surface area contributed by atoms with Crippen molar-refractivity contribution in [2.75, 3.05) is 9.80 Å². The lowest BCUT2D eigenvalue weighted by Gasteiger charge is -2.30. The molecule has 1 aliphatic carbocycles. The van der Waals surface area contributed by atoms with Gasteiger partial charge < -0.3 is 0 Å².